The van der Waals surface area contributed by atoms with Gasteiger partial charge in [-0.15, -0.1) is 0 Å². The van der Waals surface area contributed by atoms with E-state index >= 15 is 0 Å². The van der Waals surface area contributed by atoms with Gasteiger partial charge in [-0.2, -0.15) is 0 Å². The Morgan fingerprint density at radius 3 is 2.41 bits per heavy atom. The zero-order chi connectivity index (χ0) is 12.3. The van der Waals surface area contributed by atoms with Crippen LogP contribution in [0.4, 0.5) is 0 Å². The second-order valence-corrected chi connectivity index (χ2v) is 3.79. The normalized spacial score (nSPS) is 10.2. The van der Waals surface area contributed by atoms with Crippen LogP contribution in [0.5, 0.6) is 0 Å². The van der Waals surface area contributed by atoms with Gasteiger partial charge in [0.25, 0.3) is 5.56 Å². The van der Waals surface area contributed by atoms with Crippen LogP contribution in [0, 0.1) is 0 Å². The molecular weight excluding hydrogens is 217 g/mol. The number of hydrogen-bond acceptors (Lipinski definition) is 3. The summed E-state index contributed by atoms with van der Waals surface area (Å²) in [6, 6.07) is 12.3. The second kappa shape index (κ2) is 4.99. The Morgan fingerprint density at radius 1 is 1.06 bits per heavy atom. The smallest absolute Gasteiger partial charge is 0.423 e. The van der Waals surface area contributed by atoms with E-state index in [0.29, 0.717) is 12.0 Å². The molecule has 0 fully saturated rings. The fourth-order valence-corrected chi connectivity index (χ4v) is 1.61. The molecule has 0 atom stereocenters. The van der Waals surface area contributed by atoms with Crippen LogP contribution in [0.2, 0.25) is 0 Å². The number of nitrogens with zero attached hydrogens (tertiary/aromatic N) is 1. The summed E-state index contributed by atoms with van der Waals surface area (Å²) < 4.78 is 1.45. The lowest BCUT2D eigenvalue weighted by Gasteiger charge is -2.07. The van der Waals surface area contributed by atoms with E-state index < -0.39 is 7.12 Å². The van der Waals surface area contributed by atoms with Gasteiger partial charge in [-0.1, -0.05) is 36.4 Å². The molecule has 0 saturated heterocycles. The van der Waals surface area contributed by atoms with Crippen LogP contribution in [0.25, 0.3) is 0 Å². The Balaban J connectivity index is 2.32. The molecule has 0 amide bonds. The molecule has 0 bridgehead atoms. The predicted octanol–water partition coefficient (Wildman–Crippen LogP) is -0.424. The third kappa shape index (κ3) is 2.84. The van der Waals surface area contributed by atoms with Crippen molar-refractivity contribution in [2.24, 2.45) is 0 Å². The van der Waals surface area contributed by atoms with Gasteiger partial charge in [0.05, 0.1) is 6.54 Å². The monoisotopic (exact) mass is 229 g/mol. The fourth-order valence-electron chi connectivity index (χ4n) is 1.61. The number of benzene rings is 1. The molecule has 5 heteroatoms. The van der Waals surface area contributed by atoms with Gasteiger partial charge < -0.3 is 14.6 Å². The van der Waals surface area contributed by atoms with Gasteiger partial charge in [0.2, 0.25) is 0 Å². The van der Waals surface area contributed by atoms with E-state index in [1.165, 1.54) is 22.9 Å². The molecular formula is C12H12BNO3. The maximum absolute atomic E-state index is 11.6. The minimum absolute atomic E-state index is 0.168. The summed E-state index contributed by atoms with van der Waals surface area (Å²) in [5.74, 6) is 0. The zero-order valence-corrected chi connectivity index (χ0v) is 9.15. The van der Waals surface area contributed by atoms with E-state index in [0.717, 1.165) is 5.56 Å². The molecule has 0 radical (unpaired) electrons. The van der Waals surface area contributed by atoms with Crippen molar-refractivity contribution in [3.8, 4) is 0 Å². The predicted molar refractivity (Wildman–Crippen MR) is 66.1 cm³/mol. The maximum Gasteiger partial charge on any atom is 0.489 e. The maximum atomic E-state index is 11.6. The molecule has 1 heterocycles. The summed E-state index contributed by atoms with van der Waals surface area (Å²) in [6.07, 6.45) is 1.46. The van der Waals surface area contributed by atoms with Crippen LogP contribution in [-0.4, -0.2) is 21.7 Å². The van der Waals surface area contributed by atoms with Crippen molar-refractivity contribution < 1.29 is 10.0 Å². The lowest BCUT2D eigenvalue weighted by atomic mass is 9.82. The molecule has 86 valence electrons. The highest BCUT2D eigenvalue weighted by molar-refractivity contribution is 6.58. The van der Waals surface area contributed by atoms with Crippen LogP contribution in [0.1, 0.15) is 5.56 Å². The first kappa shape index (κ1) is 11.6. The van der Waals surface area contributed by atoms with Crippen molar-refractivity contribution in [3.05, 3.63) is 64.6 Å². The Bertz CT molecular complexity index is 551. The Labute approximate surface area is 98.9 Å². The highest BCUT2D eigenvalue weighted by Gasteiger charge is 2.11. The van der Waals surface area contributed by atoms with Crippen LogP contribution in [0.15, 0.2) is 53.5 Å². The molecule has 0 aliphatic rings. The zero-order valence-electron chi connectivity index (χ0n) is 9.15. The van der Waals surface area contributed by atoms with Crippen LogP contribution < -0.4 is 11.0 Å². The topological polar surface area (TPSA) is 62.5 Å². The Morgan fingerprint density at radius 2 is 1.76 bits per heavy atom. The molecule has 2 aromatic rings. The summed E-state index contributed by atoms with van der Waals surface area (Å²) in [5, 5.41) is 18.1. The third-order valence-electron chi connectivity index (χ3n) is 2.50. The summed E-state index contributed by atoms with van der Waals surface area (Å²) in [6.45, 7) is 0.417. The average molecular weight is 229 g/mol. The van der Waals surface area contributed by atoms with Crippen LogP contribution in [-0.2, 0) is 6.54 Å². The Kier molecular flexibility index (Phi) is 3.42. The lowest BCUT2D eigenvalue weighted by molar-refractivity contribution is 0.425. The van der Waals surface area contributed by atoms with E-state index in [2.05, 4.69) is 0 Å². The first-order chi connectivity index (χ1) is 8.16. The summed E-state index contributed by atoms with van der Waals surface area (Å²) >= 11 is 0. The molecule has 0 unspecified atom stereocenters. The third-order valence-corrected chi connectivity index (χ3v) is 2.50. The van der Waals surface area contributed by atoms with Crippen molar-refractivity contribution >= 4 is 12.6 Å². The molecule has 1 aromatic heterocycles. The minimum Gasteiger partial charge on any atom is -0.423 e. The quantitative estimate of drug-likeness (QED) is 0.702. The van der Waals surface area contributed by atoms with Crippen LogP contribution >= 0.6 is 0 Å². The largest absolute Gasteiger partial charge is 0.489 e. The van der Waals surface area contributed by atoms with Crippen molar-refractivity contribution in [2.45, 2.75) is 6.54 Å². The molecule has 4 nitrogen and oxygen atoms in total. The Hall–Kier alpha value is -1.85. The van der Waals surface area contributed by atoms with E-state index in [1.807, 2.05) is 30.3 Å². The van der Waals surface area contributed by atoms with E-state index in [4.69, 9.17) is 10.0 Å². The first-order valence-corrected chi connectivity index (χ1v) is 5.27. The van der Waals surface area contributed by atoms with Crippen molar-refractivity contribution in [3.63, 3.8) is 0 Å². The number of hydrogen-bond donors (Lipinski definition) is 2. The average Bonchev–Trinajstić information content (AvgIpc) is 2.33. The molecule has 0 aliphatic carbocycles. The van der Waals surface area contributed by atoms with Crippen molar-refractivity contribution in [1.29, 1.82) is 0 Å². The first-order valence-electron chi connectivity index (χ1n) is 5.27. The fraction of sp³-hybridized carbons (Fsp3) is 0.0833. The van der Waals surface area contributed by atoms with Gasteiger partial charge in [-0.3, -0.25) is 4.79 Å². The summed E-state index contributed by atoms with van der Waals surface area (Å²) in [7, 11) is -1.56. The highest BCUT2D eigenvalue weighted by atomic mass is 16.4. The molecule has 0 spiro atoms. The van der Waals surface area contributed by atoms with Gasteiger partial charge in [-0.05, 0) is 11.0 Å². The SMILES string of the molecule is O=c1ccc(B(O)O)cn1Cc1ccccc1. The van der Waals surface area contributed by atoms with Gasteiger partial charge in [-0.25, -0.2) is 0 Å². The number of aromatic nitrogens is 1. The van der Waals surface area contributed by atoms with E-state index in [9.17, 15) is 4.79 Å². The van der Waals surface area contributed by atoms with Crippen LogP contribution in [0.3, 0.4) is 0 Å². The molecule has 2 N–H and O–H groups in total. The minimum atomic E-state index is -1.56. The molecule has 0 aliphatic heterocycles. The highest BCUT2D eigenvalue weighted by Crippen LogP contribution is 1.99. The molecule has 17 heavy (non-hydrogen) atoms. The standard InChI is InChI=1S/C12H12BNO3/c15-12-7-6-11(13(16)17)9-14(12)8-10-4-2-1-3-5-10/h1-7,9,16-17H,8H2. The number of rotatable bonds is 3. The van der Waals surface area contributed by atoms with Gasteiger partial charge in [0.1, 0.15) is 0 Å². The molecule has 0 saturated carbocycles. The van der Waals surface area contributed by atoms with E-state index in [-0.39, 0.29) is 5.56 Å². The molecule has 1 aromatic carbocycles. The number of pyridine rings is 1. The summed E-state index contributed by atoms with van der Waals surface area (Å²) in [5.41, 5.74) is 1.12. The lowest BCUT2D eigenvalue weighted by Crippen LogP contribution is -2.34. The van der Waals surface area contributed by atoms with Crippen molar-refractivity contribution in [1.82, 2.24) is 4.57 Å². The summed E-state index contributed by atoms with van der Waals surface area (Å²) in [4.78, 5) is 11.6. The van der Waals surface area contributed by atoms with Gasteiger partial charge >= 0.3 is 7.12 Å². The van der Waals surface area contributed by atoms with Gasteiger partial charge in [0, 0.05) is 12.3 Å². The van der Waals surface area contributed by atoms with Crippen molar-refractivity contribution in [2.75, 3.05) is 0 Å². The van der Waals surface area contributed by atoms with E-state index in [1.54, 1.807) is 0 Å². The second-order valence-electron chi connectivity index (χ2n) is 3.79. The molecule has 2 rings (SSSR count). The van der Waals surface area contributed by atoms with Gasteiger partial charge in [0.15, 0.2) is 0 Å².